The van der Waals surface area contributed by atoms with E-state index in [1.807, 2.05) is 54.6 Å². The predicted octanol–water partition coefficient (Wildman–Crippen LogP) is 5.88. The summed E-state index contributed by atoms with van der Waals surface area (Å²) >= 11 is 0. The van der Waals surface area contributed by atoms with Crippen LogP contribution in [0.2, 0.25) is 0 Å². The Morgan fingerprint density at radius 3 is 2.11 bits per heavy atom. The van der Waals surface area contributed by atoms with Gasteiger partial charge in [-0.1, -0.05) is 78.9 Å². The molecule has 0 heterocycles. The summed E-state index contributed by atoms with van der Waals surface area (Å²) in [7, 11) is 0. The van der Waals surface area contributed by atoms with E-state index in [9.17, 15) is 14.9 Å². The molecule has 0 aliphatic carbocycles. The molecule has 4 nitrogen and oxygen atoms in total. The highest BCUT2D eigenvalue weighted by Crippen LogP contribution is 2.39. The van der Waals surface area contributed by atoms with Gasteiger partial charge >= 0.3 is 0 Å². The number of carbonyl (C=O) groups excluding carboxylic acids is 1. The van der Waals surface area contributed by atoms with E-state index in [0.717, 1.165) is 11.8 Å². The van der Waals surface area contributed by atoms with Crippen molar-refractivity contribution in [2.75, 3.05) is 0 Å². The maximum atomic E-state index is 11.9. The van der Waals surface area contributed by atoms with Gasteiger partial charge in [0.05, 0.1) is 15.7 Å². The third-order valence-corrected chi connectivity index (χ3v) is 4.65. The predicted molar refractivity (Wildman–Crippen MR) is 109 cm³/mol. The third kappa shape index (κ3) is 2.87. The summed E-state index contributed by atoms with van der Waals surface area (Å²) in [5.41, 5.74) is 2.20. The summed E-state index contributed by atoms with van der Waals surface area (Å²) in [6, 6.07) is 22.1. The first-order chi connectivity index (χ1) is 13.2. The summed E-state index contributed by atoms with van der Waals surface area (Å²) in [6.07, 6.45) is 4.54. The monoisotopic (exact) mass is 353 g/mol. The molecule has 4 aromatic rings. The minimum Gasteiger partial charge on any atom is -0.298 e. The molecule has 0 fully saturated rings. The lowest BCUT2D eigenvalue weighted by Gasteiger charge is -2.10. The number of nitrogens with zero attached hydrogens (tertiary/aromatic N) is 1. The van der Waals surface area contributed by atoms with Crippen LogP contribution in [0.25, 0.3) is 33.7 Å². The number of fused-ring (bicyclic) bond motifs is 2. The quantitative estimate of drug-likeness (QED) is 0.151. The van der Waals surface area contributed by atoms with Gasteiger partial charge in [0.2, 0.25) is 0 Å². The van der Waals surface area contributed by atoms with E-state index in [0.29, 0.717) is 32.7 Å². The molecule has 4 rings (SSSR count). The van der Waals surface area contributed by atoms with Gasteiger partial charge in [-0.2, -0.15) is 0 Å². The Labute approximate surface area is 155 Å². The van der Waals surface area contributed by atoms with E-state index in [2.05, 4.69) is 0 Å². The Morgan fingerprint density at radius 2 is 1.41 bits per heavy atom. The van der Waals surface area contributed by atoms with Crippen LogP contribution in [-0.2, 0) is 0 Å². The average molecular weight is 353 g/mol. The van der Waals surface area contributed by atoms with Gasteiger partial charge in [-0.3, -0.25) is 14.9 Å². The van der Waals surface area contributed by atoms with E-state index < -0.39 is 0 Å². The molecule has 0 N–H and O–H groups in total. The van der Waals surface area contributed by atoms with E-state index in [1.165, 1.54) is 0 Å². The number of nitro groups is 1. The number of non-ortho nitro benzene ring substituents is 1. The summed E-state index contributed by atoms with van der Waals surface area (Å²) in [4.78, 5) is 23.4. The van der Waals surface area contributed by atoms with Gasteiger partial charge in [-0.15, -0.1) is 0 Å². The zero-order valence-corrected chi connectivity index (χ0v) is 14.3. The van der Waals surface area contributed by atoms with Crippen molar-refractivity contribution in [3.8, 4) is 0 Å². The van der Waals surface area contributed by atoms with Gasteiger partial charge in [0.15, 0.2) is 6.29 Å². The second-order valence-electron chi connectivity index (χ2n) is 6.20. The molecule has 0 spiro atoms. The van der Waals surface area contributed by atoms with Crippen molar-refractivity contribution in [2.45, 2.75) is 0 Å². The van der Waals surface area contributed by atoms with Crippen LogP contribution < -0.4 is 0 Å². The molecular weight excluding hydrogens is 338 g/mol. The van der Waals surface area contributed by atoms with Crippen LogP contribution in [0.1, 0.15) is 21.5 Å². The van der Waals surface area contributed by atoms with E-state index in [1.54, 1.807) is 30.3 Å². The van der Waals surface area contributed by atoms with Crippen LogP contribution in [0.3, 0.4) is 0 Å². The van der Waals surface area contributed by atoms with Gasteiger partial charge < -0.3 is 0 Å². The standard InChI is InChI=1S/C23H15NO3/c25-15-21-18-10-4-5-11-20(18)23(24(26)27)22-17(9-6-12-19(21)22)14-13-16-7-2-1-3-8-16/h1-15H. The van der Waals surface area contributed by atoms with Gasteiger partial charge in [0, 0.05) is 10.9 Å². The van der Waals surface area contributed by atoms with Gasteiger partial charge in [-0.25, -0.2) is 0 Å². The number of carbonyl (C=O) groups is 1. The van der Waals surface area contributed by atoms with Crippen molar-refractivity contribution in [1.82, 2.24) is 0 Å². The first kappa shape index (κ1) is 16.7. The topological polar surface area (TPSA) is 60.2 Å². The van der Waals surface area contributed by atoms with Gasteiger partial charge in [-0.05, 0) is 22.6 Å². The highest BCUT2D eigenvalue weighted by molar-refractivity contribution is 6.20. The van der Waals surface area contributed by atoms with E-state index >= 15 is 0 Å². The molecule has 0 radical (unpaired) electrons. The molecule has 130 valence electrons. The number of rotatable bonds is 4. The van der Waals surface area contributed by atoms with Crippen molar-refractivity contribution in [2.24, 2.45) is 0 Å². The Balaban J connectivity index is 2.10. The highest BCUT2D eigenvalue weighted by Gasteiger charge is 2.22. The van der Waals surface area contributed by atoms with Crippen LogP contribution in [0.5, 0.6) is 0 Å². The van der Waals surface area contributed by atoms with E-state index in [4.69, 9.17) is 0 Å². The van der Waals surface area contributed by atoms with Crippen molar-refractivity contribution in [3.05, 3.63) is 99.6 Å². The molecule has 0 bridgehead atoms. The van der Waals surface area contributed by atoms with Gasteiger partial charge in [0.1, 0.15) is 0 Å². The van der Waals surface area contributed by atoms with Crippen LogP contribution in [-0.4, -0.2) is 11.2 Å². The summed E-state index contributed by atoms with van der Waals surface area (Å²) in [5, 5.41) is 14.1. The Kier molecular flexibility index (Phi) is 4.22. The molecule has 27 heavy (non-hydrogen) atoms. The van der Waals surface area contributed by atoms with Crippen LogP contribution >= 0.6 is 0 Å². The maximum Gasteiger partial charge on any atom is 0.285 e. The number of aldehydes is 1. The molecule has 0 saturated carbocycles. The third-order valence-electron chi connectivity index (χ3n) is 4.65. The van der Waals surface area contributed by atoms with Crippen LogP contribution in [0, 0.1) is 10.1 Å². The van der Waals surface area contributed by atoms with Crippen molar-refractivity contribution in [1.29, 1.82) is 0 Å². The fourth-order valence-corrected chi connectivity index (χ4v) is 3.47. The summed E-state index contributed by atoms with van der Waals surface area (Å²) < 4.78 is 0. The second kappa shape index (κ2) is 6.84. The first-order valence-electron chi connectivity index (χ1n) is 8.51. The summed E-state index contributed by atoms with van der Waals surface area (Å²) in [5.74, 6) is 0. The number of hydrogen-bond donors (Lipinski definition) is 0. The lowest BCUT2D eigenvalue weighted by atomic mass is 9.92. The molecule has 0 unspecified atom stereocenters. The molecular formula is C23H15NO3. The van der Waals surface area contributed by atoms with Crippen LogP contribution in [0.4, 0.5) is 5.69 Å². The second-order valence-corrected chi connectivity index (χ2v) is 6.20. The Morgan fingerprint density at radius 1 is 0.741 bits per heavy atom. The molecule has 0 amide bonds. The number of benzene rings is 4. The highest BCUT2D eigenvalue weighted by atomic mass is 16.6. The lowest BCUT2D eigenvalue weighted by molar-refractivity contribution is -0.381. The molecule has 4 aromatic carbocycles. The molecule has 0 atom stereocenters. The van der Waals surface area contributed by atoms with Crippen molar-refractivity contribution < 1.29 is 9.72 Å². The first-order valence-corrected chi connectivity index (χ1v) is 8.51. The van der Waals surface area contributed by atoms with Crippen molar-refractivity contribution >= 4 is 45.7 Å². The Bertz CT molecular complexity index is 1210. The SMILES string of the molecule is O=Cc1c2ccccc2c([N+](=O)[O-])c2c(C=Cc3ccccc3)cccc12. The fraction of sp³-hybridized carbons (Fsp3) is 0. The van der Waals surface area contributed by atoms with Crippen molar-refractivity contribution in [3.63, 3.8) is 0 Å². The zero-order valence-electron chi connectivity index (χ0n) is 14.3. The Hall–Kier alpha value is -3.79. The van der Waals surface area contributed by atoms with Gasteiger partial charge in [0.25, 0.3) is 5.69 Å². The lowest BCUT2D eigenvalue weighted by Crippen LogP contribution is -1.97. The number of nitro benzene ring substituents is 1. The normalized spacial score (nSPS) is 11.3. The number of hydrogen-bond acceptors (Lipinski definition) is 3. The zero-order chi connectivity index (χ0) is 18.8. The smallest absolute Gasteiger partial charge is 0.285 e. The molecule has 0 saturated heterocycles. The molecule has 0 aliphatic rings. The largest absolute Gasteiger partial charge is 0.298 e. The maximum absolute atomic E-state index is 11.9. The molecule has 4 heteroatoms. The fourth-order valence-electron chi connectivity index (χ4n) is 3.47. The van der Waals surface area contributed by atoms with E-state index in [-0.39, 0.29) is 10.6 Å². The minimum absolute atomic E-state index is 0.0273. The minimum atomic E-state index is -0.362. The van der Waals surface area contributed by atoms with Crippen LogP contribution in [0.15, 0.2) is 72.8 Å². The average Bonchev–Trinajstić information content (AvgIpc) is 2.70. The molecule has 0 aliphatic heterocycles. The summed E-state index contributed by atoms with van der Waals surface area (Å²) in [6.45, 7) is 0. The molecule has 0 aromatic heterocycles.